The number of hydrogen-bond donors (Lipinski definition) is 2. The number of halogens is 1. The number of nitrogens with zero attached hydrogens (tertiary/aromatic N) is 1. The minimum atomic E-state index is -3.58. The molecule has 0 aliphatic heterocycles. The zero-order valence-corrected chi connectivity index (χ0v) is 15.0. The van der Waals surface area contributed by atoms with E-state index in [2.05, 4.69) is 10.6 Å². The van der Waals surface area contributed by atoms with Gasteiger partial charge in [0, 0.05) is 19.6 Å². The molecule has 0 unspecified atom stereocenters. The highest BCUT2D eigenvalue weighted by Gasteiger charge is 2.19. The van der Waals surface area contributed by atoms with Crippen molar-refractivity contribution in [2.45, 2.75) is 31.2 Å². The van der Waals surface area contributed by atoms with Gasteiger partial charge in [-0.3, -0.25) is 4.79 Å². The molecule has 0 saturated heterocycles. The molecule has 1 amide bonds. The van der Waals surface area contributed by atoms with Crippen molar-refractivity contribution < 1.29 is 13.2 Å². The van der Waals surface area contributed by atoms with Gasteiger partial charge in [-0.25, -0.2) is 12.7 Å². The summed E-state index contributed by atoms with van der Waals surface area (Å²) in [7, 11) is -0.700. The van der Waals surface area contributed by atoms with Gasteiger partial charge in [-0.1, -0.05) is 11.6 Å². The molecule has 0 fully saturated rings. The molecule has 0 aromatic heterocycles. The highest BCUT2D eigenvalue weighted by Crippen LogP contribution is 2.26. The molecular formula is C14H22ClN3O3S. The molecule has 1 aromatic carbocycles. The van der Waals surface area contributed by atoms with Crippen molar-refractivity contribution >= 4 is 33.2 Å². The third-order valence-corrected chi connectivity index (χ3v) is 4.91. The second-order valence-corrected chi connectivity index (χ2v) is 8.64. The number of nitrogens with one attached hydrogen (secondary N) is 2. The molecule has 0 aliphatic rings. The van der Waals surface area contributed by atoms with Crippen LogP contribution >= 0.6 is 11.6 Å². The lowest BCUT2D eigenvalue weighted by atomic mass is 10.1. The van der Waals surface area contributed by atoms with Crippen LogP contribution in [0, 0.1) is 0 Å². The highest BCUT2D eigenvalue weighted by atomic mass is 35.5. The SMILES string of the molecule is CN(C)S(=O)(=O)c1ccc(Cl)c(NC(=O)CNC(C)(C)C)c1. The summed E-state index contributed by atoms with van der Waals surface area (Å²) in [6.07, 6.45) is 0. The molecule has 0 radical (unpaired) electrons. The predicted molar refractivity (Wildman–Crippen MR) is 88.7 cm³/mol. The van der Waals surface area contributed by atoms with E-state index in [1.807, 2.05) is 20.8 Å². The first-order chi connectivity index (χ1) is 9.93. The van der Waals surface area contributed by atoms with Crippen molar-refractivity contribution in [3.63, 3.8) is 0 Å². The summed E-state index contributed by atoms with van der Waals surface area (Å²) in [5.74, 6) is -0.295. The molecule has 0 atom stereocenters. The maximum atomic E-state index is 12.1. The van der Waals surface area contributed by atoms with Gasteiger partial charge in [0.15, 0.2) is 0 Å². The Morgan fingerprint density at radius 3 is 2.36 bits per heavy atom. The quantitative estimate of drug-likeness (QED) is 0.853. The molecule has 8 heteroatoms. The van der Waals surface area contributed by atoms with Gasteiger partial charge in [0.05, 0.1) is 22.2 Å². The second-order valence-electron chi connectivity index (χ2n) is 6.08. The predicted octanol–water partition coefficient (Wildman–Crippen LogP) is 1.92. The Bertz CT molecular complexity index is 652. The van der Waals surface area contributed by atoms with Gasteiger partial charge in [0.1, 0.15) is 0 Å². The molecule has 1 aromatic rings. The van der Waals surface area contributed by atoms with Crippen LogP contribution in [0.5, 0.6) is 0 Å². The highest BCUT2D eigenvalue weighted by molar-refractivity contribution is 7.89. The van der Waals surface area contributed by atoms with Crippen LogP contribution in [0.25, 0.3) is 0 Å². The average molecular weight is 348 g/mol. The minimum Gasteiger partial charge on any atom is -0.324 e. The number of carbonyl (C=O) groups excluding carboxylic acids is 1. The Balaban J connectivity index is 2.95. The molecule has 0 spiro atoms. The Hall–Kier alpha value is -1.15. The van der Waals surface area contributed by atoms with Crippen LogP contribution in [-0.4, -0.2) is 44.8 Å². The topological polar surface area (TPSA) is 78.5 Å². The normalized spacial score (nSPS) is 12.5. The third kappa shape index (κ3) is 5.24. The number of benzene rings is 1. The van der Waals surface area contributed by atoms with Crippen molar-refractivity contribution in [3.8, 4) is 0 Å². The Morgan fingerprint density at radius 1 is 1.27 bits per heavy atom. The lowest BCUT2D eigenvalue weighted by Crippen LogP contribution is -2.41. The van der Waals surface area contributed by atoms with Crippen molar-refractivity contribution in [1.82, 2.24) is 9.62 Å². The van der Waals surface area contributed by atoms with Gasteiger partial charge in [-0.15, -0.1) is 0 Å². The standard InChI is InChI=1S/C14H22ClN3O3S/c1-14(2,3)16-9-13(19)17-12-8-10(6-7-11(12)15)22(20,21)18(4)5/h6-8,16H,9H2,1-5H3,(H,17,19). The van der Waals surface area contributed by atoms with E-state index in [1.54, 1.807) is 0 Å². The molecule has 2 N–H and O–H groups in total. The van der Waals surface area contributed by atoms with Crippen molar-refractivity contribution in [2.75, 3.05) is 26.0 Å². The summed E-state index contributed by atoms with van der Waals surface area (Å²) in [5, 5.41) is 5.94. The maximum Gasteiger partial charge on any atom is 0.242 e. The Labute approximate surface area is 136 Å². The second kappa shape index (κ2) is 6.95. The minimum absolute atomic E-state index is 0.0704. The summed E-state index contributed by atoms with van der Waals surface area (Å²) in [4.78, 5) is 12.0. The van der Waals surface area contributed by atoms with Crippen LogP contribution < -0.4 is 10.6 Å². The molecule has 0 aliphatic carbocycles. The smallest absolute Gasteiger partial charge is 0.242 e. The lowest BCUT2D eigenvalue weighted by molar-refractivity contribution is -0.115. The molecule has 6 nitrogen and oxygen atoms in total. The summed E-state index contributed by atoms with van der Waals surface area (Å²) >= 11 is 6.02. The number of hydrogen-bond acceptors (Lipinski definition) is 4. The zero-order valence-electron chi connectivity index (χ0n) is 13.4. The van der Waals surface area contributed by atoms with Crippen molar-refractivity contribution in [3.05, 3.63) is 23.2 Å². The van der Waals surface area contributed by atoms with Gasteiger partial charge in [-0.05, 0) is 39.0 Å². The van der Waals surface area contributed by atoms with Gasteiger partial charge in [0.25, 0.3) is 0 Å². The fraction of sp³-hybridized carbons (Fsp3) is 0.500. The van der Waals surface area contributed by atoms with E-state index in [0.29, 0.717) is 0 Å². The molecule has 124 valence electrons. The van der Waals surface area contributed by atoms with E-state index in [0.717, 1.165) is 4.31 Å². The fourth-order valence-electron chi connectivity index (χ4n) is 1.51. The zero-order chi connectivity index (χ0) is 17.1. The van der Waals surface area contributed by atoms with Gasteiger partial charge < -0.3 is 10.6 Å². The van der Waals surface area contributed by atoms with E-state index < -0.39 is 10.0 Å². The number of amides is 1. The summed E-state index contributed by atoms with van der Waals surface area (Å²) in [6, 6.07) is 4.21. The number of rotatable bonds is 5. The van der Waals surface area contributed by atoms with E-state index >= 15 is 0 Å². The van der Waals surface area contributed by atoms with E-state index in [4.69, 9.17) is 11.6 Å². The van der Waals surface area contributed by atoms with Crippen molar-refractivity contribution in [1.29, 1.82) is 0 Å². The summed E-state index contributed by atoms with van der Waals surface area (Å²) < 4.78 is 25.3. The van der Waals surface area contributed by atoms with Gasteiger partial charge in [-0.2, -0.15) is 0 Å². The molecule has 1 rings (SSSR count). The maximum absolute atomic E-state index is 12.1. The number of carbonyl (C=O) groups is 1. The molecular weight excluding hydrogens is 326 g/mol. The summed E-state index contributed by atoms with van der Waals surface area (Å²) in [6.45, 7) is 5.93. The first kappa shape index (κ1) is 18.9. The third-order valence-electron chi connectivity index (χ3n) is 2.77. The Kier molecular flexibility index (Phi) is 5.97. The van der Waals surface area contributed by atoms with Crippen LogP contribution in [0.4, 0.5) is 5.69 Å². The monoisotopic (exact) mass is 347 g/mol. The number of sulfonamides is 1. The fourth-order valence-corrected chi connectivity index (χ4v) is 2.60. The molecule has 0 bridgehead atoms. The number of anilines is 1. The van der Waals surface area contributed by atoms with Crippen LogP contribution in [0.15, 0.2) is 23.1 Å². The van der Waals surface area contributed by atoms with Crippen LogP contribution in [0.3, 0.4) is 0 Å². The van der Waals surface area contributed by atoms with E-state index in [-0.39, 0.29) is 33.6 Å². The lowest BCUT2D eigenvalue weighted by Gasteiger charge is -2.20. The molecule has 22 heavy (non-hydrogen) atoms. The average Bonchev–Trinajstić information content (AvgIpc) is 2.37. The van der Waals surface area contributed by atoms with Crippen LogP contribution in [-0.2, 0) is 14.8 Å². The molecule has 0 saturated carbocycles. The Morgan fingerprint density at radius 2 is 1.86 bits per heavy atom. The molecule has 0 heterocycles. The summed E-state index contributed by atoms with van der Waals surface area (Å²) in [5.41, 5.74) is 0.0716. The van der Waals surface area contributed by atoms with E-state index in [1.165, 1.54) is 32.3 Å². The van der Waals surface area contributed by atoms with Crippen LogP contribution in [0.1, 0.15) is 20.8 Å². The van der Waals surface area contributed by atoms with E-state index in [9.17, 15) is 13.2 Å². The van der Waals surface area contributed by atoms with Crippen molar-refractivity contribution in [2.24, 2.45) is 0 Å². The first-order valence-corrected chi connectivity index (χ1v) is 8.52. The van der Waals surface area contributed by atoms with Gasteiger partial charge in [0.2, 0.25) is 15.9 Å². The van der Waals surface area contributed by atoms with Gasteiger partial charge >= 0.3 is 0 Å². The largest absolute Gasteiger partial charge is 0.324 e. The van der Waals surface area contributed by atoms with Crippen LogP contribution in [0.2, 0.25) is 5.02 Å². The first-order valence-electron chi connectivity index (χ1n) is 6.70.